The van der Waals surface area contributed by atoms with E-state index in [-0.39, 0.29) is 11.4 Å². The normalized spacial score (nSPS) is 19.3. The molecule has 0 unspecified atom stereocenters. The molecule has 0 atom stereocenters. The first-order chi connectivity index (χ1) is 13.3. The lowest BCUT2D eigenvalue weighted by Crippen LogP contribution is -2.31. The van der Waals surface area contributed by atoms with Gasteiger partial charge in [0.05, 0.1) is 12.0 Å². The molecule has 1 saturated carbocycles. The van der Waals surface area contributed by atoms with Crippen LogP contribution in [0.3, 0.4) is 0 Å². The van der Waals surface area contributed by atoms with E-state index in [4.69, 9.17) is 4.74 Å². The van der Waals surface area contributed by atoms with Crippen LogP contribution in [0.1, 0.15) is 79.4 Å². The van der Waals surface area contributed by atoms with E-state index in [9.17, 15) is 4.79 Å². The quantitative estimate of drug-likeness (QED) is 0.489. The van der Waals surface area contributed by atoms with Crippen LogP contribution in [0.15, 0.2) is 11.6 Å². The molecule has 0 spiro atoms. The number of rotatable bonds is 3. The molecule has 152 valence electrons. The molecule has 1 aromatic heterocycles. The highest BCUT2D eigenvalue weighted by atomic mass is 32.1. The second kappa shape index (κ2) is 8.84. The van der Waals surface area contributed by atoms with Crippen molar-refractivity contribution in [3.63, 3.8) is 0 Å². The van der Waals surface area contributed by atoms with Crippen molar-refractivity contribution >= 4 is 22.9 Å². The zero-order chi connectivity index (χ0) is 20.3. The highest BCUT2D eigenvalue weighted by Crippen LogP contribution is 2.40. The zero-order valence-electron chi connectivity index (χ0n) is 18.0. The number of methoxy groups -OCH3 is 1. The van der Waals surface area contributed by atoms with Gasteiger partial charge in [0.1, 0.15) is 4.88 Å². The van der Waals surface area contributed by atoms with Crippen molar-refractivity contribution in [1.29, 1.82) is 0 Å². The molecule has 3 nitrogen and oxygen atoms in total. The maximum absolute atomic E-state index is 12.5. The zero-order valence-corrected chi connectivity index (χ0v) is 18.8. The van der Waals surface area contributed by atoms with Crippen molar-refractivity contribution in [1.82, 2.24) is 4.90 Å². The van der Waals surface area contributed by atoms with E-state index >= 15 is 0 Å². The lowest BCUT2D eigenvalue weighted by Gasteiger charge is -2.34. The van der Waals surface area contributed by atoms with Crippen LogP contribution < -0.4 is 0 Å². The third-order valence-corrected chi connectivity index (χ3v) is 6.69. The Labute approximate surface area is 174 Å². The molecule has 1 aliphatic heterocycles. The Morgan fingerprint density at radius 1 is 1.25 bits per heavy atom. The number of carbonyl (C=O) groups is 1. The van der Waals surface area contributed by atoms with E-state index < -0.39 is 0 Å². The third kappa shape index (κ3) is 5.07. The van der Waals surface area contributed by atoms with E-state index in [1.54, 1.807) is 5.57 Å². The smallest absolute Gasteiger partial charge is 0.348 e. The predicted octanol–water partition coefficient (Wildman–Crippen LogP) is 5.60. The molecule has 28 heavy (non-hydrogen) atoms. The maximum Gasteiger partial charge on any atom is 0.348 e. The molecule has 0 bridgehead atoms. The van der Waals surface area contributed by atoms with E-state index in [1.165, 1.54) is 56.1 Å². The fraction of sp³-hybridized carbons (Fsp3) is 0.625. The second-order valence-electron chi connectivity index (χ2n) is 9.17. The molecule has 1 aromatic rings. The summed E-state index contributed by atoms with van der Waals surface area (Å²) in [5.74, 6) is 7.01. The first-order valence-electron chi connectivity index (χ1n) is 10.4. The Hall–Kier alpha value is -1.57. The van der Waals surface area contributed by atoms with Crippen LogP contribution in [-0.4, -0.2) is 38.1 Å². The van der Waals surface area contributed by atoms with E-state index in [1.807, 2.05) is 0 Å². The predicted molar refractivity (Wildman–Crippen MR) is 118 cm³/mol. The topological polar surface area (TPSA) is 29.5 Å². The summed E-state index contributed by atoms with van der Waals surface area (Å²) in [5.41, 5.74) is 3.94. The highest BCUT2D eigenvalue weighted by Gasteiger charge is 2.29. The van der Waals surface area contributed by atoms with Crippen LogP contribution in [0.5, 0.6) is 0 Å². The molecule has 3 rings (SSSR count). The van der Waals surface area contributed by atoms with Gasteiger partial charge in [-0.3, -0.25) is 0 Å². The first kappa shape index (κ1) is 21.1. The average molecular weight is 400 g/mol. The van der Waals surface area contributed by atoms with E-state index in [2.05, 4.69) is 50.6 Å². The van der Waals surface area contributed by atoms with Gasteiger partial charge in [-0.05, 0) is 70.2 Å². The molecule has 0 N–H and O–H groups in total. The maximum atomic E-state index is 12.5. The van der Waals surface area contributed by atoms with Gasteiger partial charge in [0, 0.05) is 24.1 Å². The standard InChI is InChI=1S/C24H33NO2S/c1-24(2,3)13-11-18-15-20(22(28-18)23(26)27-5)19-12-14-25(4)16-21(19)17-9-7-6-8-10-17/h15,17H,6-10,12,14,16H2,1-5H3. The summed E-state index contributed by atoms with van der Waals surface area (Å²) in [5, 5.41) is 0. The van der Waals surface area contributed by atoms with Crippen LogP contribution in [0.2, 0.25) is 0 Å². The average Bonchev–Trinajstić information content (AvgIpc) is 3.10. The number of ether oxygens (including phenoxy) is 1. The lowest BCUT2D eigenvalue weighted by molar-refractivity contribution is 0.0606. The number of esters is 1. The fourth-order valence-corrected chi connectivity index (χ4v) is 5.19. The van der Waals surface area contributed by atoms with Crippen molar-refractivity contribution in [2.45, 2.75) is 59.3 Å². The molecule has 1 fully saturated rings. The van der Waals surface area contributed by atoms with Gasteiger partial charge in [-0.25, -0.2) is 4.79 Å². The summed E-state index contributed by atoms with van der Waals surface area (Å²) in [6.07, 6.45) is 7.55. The fourth-order valence-electron chi connectivity index (χ4n) is 4.23. The summed E-state index contributed by atoms with van der Waals surface area (Å²) in [7, 11) is 3.67. The van der Waals surface area contributed by atoms with Crippen LogP contribution in [0.25, 0.3) is 5.57 Å². The SMILES string of the molecule is COC(=O)c1sc(C#CC(C)(C)C)cc1C1=C(C2CCCCC2)CN(C)CC1. The molecule has 0 aromatic carbocycles. The Morgan fingerprint density at radius 2 is 1.96 bits per heavy atom. The van der Waals surface area contributed by atoms with Crippen molar-refractivity contribution < 1.29 is 9.53 Å². The minimum atomic E-state index is -0.238. The van der Waals surface area contributed by atoms with Crippen LogP contribution >= 0.6 is 11.3 Å². The molecular weight excluding hydrogens is 366 g/mol. The highest BCUT2D eigenvalue weighted by molar-refractivity contribution is 7.14. The third-order valence-electron chi connectivity index (χ3n) is 5.66. The minimum absolute atomic E-state index is 0.0599. The largest absolute Gasteiger partial charge is 0.465 e. The Morgan fingerprint density at radius 3 is 2.61 bits per heavy atom. The van der Waals surface area contributed by atoms with Gasteiger partial charge in [0.15, 0.2) is 0 Å². The van der Waals surface area contributed by atoms with Crippen LogP contribution in [-0.2, 0) is 4.74 Å². The molecule has 0 amide bonds. The summed E-state index contributed by atoms with van der Waals surface area (Å²) < 4.78 is 5.12. The molecule has 2 aliphatic rings. The minimum Gasteiger partial charge on any atom is -0.465 e. The van der Waals surface area contributed by atoms with Gasteiger partial charge in [0.2, 0.25) is 0 Å². The number of carbonyl (C=O) groups excluding carboxylic acids is 1. The van der Waals surface area contributed by atoms with Gasteiger partial charge in [-0.15, -0.1) is 11.3 Å². The van der Waals surface area contributed by atoms with Crippen molar-refractivity contribution in [3.8, 4) is 11.8 Å². The van der Waals surface area contributed by atoms with Gasteiger partial charge in [0.25, 0.3) is 0 Å². The number of nitrogens with zero attached hydrogens (tertiary/aromatic N) is 1. The van der Waals surface area contributed by atoms with Crippen molar-refractivity contribution in [2.24, 2.45) is 11.3 Å². The number of hydrogen-bond donors (Lipinski definition) is 0. The van der Waals surface area contributed by atoms with Crippen molar-refractivity contribution in [2.75, 3.05) is 27.2 Å². The number of thiophene rings is 1. The summed E-state index contributed by atoms with van der Waals surface area (Å²) in [6, 6.07) is 2.14. The van der Waals surface area contributed by atoms with E-state index in [0.29, 0.717) is 10.8 Å². The van der Waals surface area contributed by atoms with Gasteiger partial charge >= 0.3 is 5.97 Å². The molecule has 2 heterocycles. The monoisotopic (exact) mass is 399 g/mol. The molecule has 0 radical (unpaired) electrons. The van der Waals surface area contributed by atoms with Crippen LogP contribution in [0, 0.1) is 23.2 Å². The second-order valence-corrected chi connectivity index (χ2v) is 10.2. The Balaban J connectivity index is 2.08. The first-order valence-corrected chi connectivity index (χ1v) is 11.3. The van der Waals surface area contributed by atoms with Crippen LogP contribution in [0.4, 0.5) is 0 Å². The summed E-state index contributed by atoms with van der Waals surface area (Å²) in [6.45, 7) is 8.37. The van der Waals surface area contributed by atoms with Gasteiger partial charge in [-0.1, -0.05) is 31.1 Å². The van der Waals surface area contributed by atoms with Gasteiger partial charge < -0.3 is 9.64 Å². The molecule has 1 aliphatic carbocycles. The lowest BCUT2D eigenvalue weighted by atomic mass is 9.78. The molecule has 4 heteroatoms. The Kier molecular flexibility index (Phi) is 6.68. The summed E-state index contributed by atoms with van der Waals surface area (Å²) in [4.78, 5) is 16.6. The van der Waals surface area contributed by atoms with Gasteiger partial charge in [-0.2, -0.15) is 0 Å². The number of hydrogen-bond acceptors (Lipinski definition) is 4. The van der Waals surface area contributed by atoms with E-state index in [0.717, 1.165) is 30.0 Å². The summed E-state index contributed by atoms with van der Waals surface area (Å²) >= 11 is 1.48. The molecule has 0 saturated heterocycles. The van der Waals surface area contributed by atoms with Crippen molar-refractivity contribution in [3.05, 3.63) is 27.0 Å². The Bertz CT molecular complexity index is 810. The number of likely N-dealkylation sites (N-methyl/N-ethyl adjacent to an activating group) is 1. The molecular formula is C24H33NO2S.